The summed E-state index contributed by atoms with van der Waals surface area (Å²) in [5, 5.41) is 15.5. The van der Waals surface area contributed by atoms with E-state index in [4.69, 9.17) is 11.6 Å². The summed E-state index contributed by atoms with van der Waals surface area (Å²) in [6.07, 6.45) is 7.03. The van der Waals surface area contributed by atoms with Gasteiger partial charge in [0.1, 0.15) is 5.69 Å². The average Bonchev–Trinajstić information content (AvgIpc) is 3.06. The number of halogens is 1. The van der Waals surface area contributed by atoms with Gasteiger partial charge >= 0.3 is 5.69 Å². The topological polar surface area (TPSA) is 86.7 Å². The van der Waals surface area contributed by atoms with E-state index in [1.807, 2.05) is 0 Å². The Morgan fingerprint density at radius 1 is 1.30 bits per heavy atom. The second kappa shape index (κ2) is 5.16. The van der Waals surface area contributed by atoms with Crippen molar-refractivity contribution in [2.45, 2.75) is 31.6 Å². The molecule has 0 aromatic carbocycles. The Labute approximate surface area is 119 Å². The fourth-order valence-electron chi connectivity index (χ4n) is 2.58. The molecule has 0 saturated heterocycles. The Hall–Kier alpha value is -2.02. The molecule has 7 nitrogen and oxygen atoms in total. The molecule has 0 spiro atoms. The van der Waals surface area contributed by atoms with E-state index in [9.17, 15) is 10.1 Å². The maximum atomic E-state index is 11.3. The molecule has 1 saturated carbocycles. The summed E-state index contributed by atoms with van der Waals surface area (Å²) in [5.41, 5.74) is 0.330. The Bertz CT molecular complexity index is 637. The van der Waals surface area contributed by atoms with Crippen LogP contribution in [0, 0.1) is 10.1 Å². The first-order valence-electron chi connectivity index (χ1n) is 6.38. The molecular formula is C12H12ClN5O2. The van der Waals surface area contributed by atoms with E-state index in [0.29, 0.717) is 5.69 Å². The van der Waals surface area contributed by atoms with Gasteiger partial charge in [-0.2, -0.15) is 9.78 Å². The maximum absolute atomic E-state index is 11.3. The molecule has 0 atom stereocenters. The van der Waals surface area contributed by atoms with Gasteiger partial charge in [-0.3, -0.25) is 10.1 Å². The molecule has 0 aliphatic heterocycles. The van der Waals surface area contributed by atoms with Crippen molar-refractivity contribution in [1.82, 2.24) is 19.7 Å². The molecule has 1 fully saturated rings. The third-order valence-electron chi connectivity index (χ3n) is 3.50. The molecule has 0 unspecified atom stereocenters. The fraction of sp³-hybridized carbons (Fsp3) is 0.417. The van der Waals surface area contributed by atoms with Crippen LogP contribution in [0.15, 0.2) is 18.5 Å². The monoisotopic (exact) mass is 293 g/mol. The molecule has 0 amide bonds. The van der Waals surface area contributed by atoms with Crippen molar-refractivity contribution in [2.24, 2.45) is 0 Å². The van der Waals surface area contributed by atoms with Gasteiger partial charge in [0.2, 0.25) is 5.15 Å². The van der Waals surface area contributed by atoms with Crippen LogP contribution in [0.25, 0.3) is 5.95 Å². The smallest absolute Gasteiger partial charge is 0.258 e. The summed E-state index contributed by atoms with van der Waals surface area (Å²) in [7, 11) is 0. The van der Waals surface area contributed by atoms with Gasteiger partial charge in [-0.15, -0.1) is 0 Å². The van der Waals surface area contributed by atoms with Crippen molar-refractivity contribution < 1.29 is 4.92 Å². The number of aromatic nitrogens is 4. The van der Waals surface area contributed by atoms with Crippen molar-refractivity contribution in [1.29, 1.82) is 0 Å². The van der Waals surface area contributed by atoms with Gasteiger partial charge in [0.25, 0.3) is 5.95 Å². The van der Waals surface area contributed by atoms with Gasteiger partial charge in [-0.25, -0.2) is 9.97 Å². The van der Waals surface area contributed by atoms with E-state index < -0.39 is 4.92 Å². The lowest BCUT2D eigenvalue weighted by atomic mass is 10.0. The van der Waals surface area contributed by atoms with E-state index in [2.05, 4.69) is 15.1 Å². The van der Waals surface area contributed by atoms with E-state index in [-0.39, 0.29) is 22.7 Å². The Morgan fingerprint density at radius 3 is 2.55 bits per heavy atom. The molecule has 104 valence electrons. The third-order valence-corrected chi connectivity index (χ3v) is 3.84. The lowest BCUT2D eigenvalue weighted by Crippen LogP contribution is -2.03. The van der Waals surface area contributed by atoms with Crippen LogP contribution in [-0.4, -0.2) is 24.7 Å². The highest BCUT2D eigenvalue weighted by molar-refractivity contribution is 6.32. The van der Waals surface area contributed by atoms with Crippen LogP contribution in [0.2, 0.25) is 5.15 Å². The van der Waals surface area contributed by atoms with Crippen LogP contribution in [-0.2, 0) is 0 Å². The van der Waals surface area contributed by atoms with Crippen LogP contribution in [0.5, 0.6) is 0 Å². The second-order valence-electron chi connectivity index (χ2n) is 4.72. The first-order valence-corrected chi connectivity index (χ1v) is 6.76. The van der Waals surface area contributed by atoms with Crippen molar-refractivity contribution >= 4 is 17.3 Å². The highest BCUT2D eigenvalue weighted by atomic mass is 35.5. The molecule has 20 heavy (non-hydrogen) atoms. The first kappa shape index (κ1) is 13.0. The van der Waals surface area contributed by atoms with Crippen molar-refractivity contribution in [3.63, 3.8) is 0 Å². The fourth-order valence-corrected chi connectivity index (χ4v) is 2.86. The molecule has 2 aromatic heterocycles. The predicted octanol–water partition coefficient (Wildman–Crippen LogP) is 2.88. The minimum atomic E-state index is -0.470. The molecular weight excluding hydrogens is 282 g/mol. The highest BCUT2D eigenvalue weighted by Gasteiger charge is 2.34. The standard InChI is InChI=1S/C12H12ClN5O2/c13-11-10(18(19)20)9(8-4-1-2-5-8)16-17(11)12-14-6-3-7-15-12/h3,6-8H,1-2,4-5H2. The zero-order valence-electron chi connectivity index (χ0n) is 10.6. The normalized spacial score (nSPS) is 15.7. The Morgan fingerprint density at radius 2 is 1.95 bits per heavy atom. The van der Waals surface area contributed by atoms with Crippen LogP contribution >= 0.6 is 11.6 Å². The van der Waals surface area contributed by atoms with Gasteiger partial charge in [0.15, 0.2) is 0 Å². The lowest BCUT2D eigenvalue weighted by molar-refractivity contribution is -0.385. The van der Waals surface area contributed by atoms with E-state index in [0.717, 1.165) is 25.7 Å². The molecule has 0 radical (unpaired) electrons. The van der Waals surface area contributed by atoms with Gasteiger partial charge in [0, 0.05) is 18.3 Å². The largest absolute Gasteiger partial charge is 0.329 e. The van der Waals surface area contributed by atoms with E-state index >= 15 is 0 Å². The summed E-state index contributed by atoms with van der Waals surface area (Å²) >= 11 is 6.12. The zero-order chi connectivity index (χ0) is 14.1. The van der Waals surface area contributed by atoms with Gasteiger partial charge in [0.05, 0.1) is 4.92 Å². The molecule has 3 rings (SSSR count). The summed E-state index contributed by atoms with van der Waals surface area (Å²) in [6, 6.07) is 1.66. The molecule has 1 aliphatic rings. The number of nitro groups is 1. The second-order valence-corrected chi connectivity index (χ2v) is 5.08. The molecule has 8 heteroatoms. The number of rotatable bonds is 3. The molecule has 0 N–H and O–H groups in total. The number of nitrogens with zero attached hydrogens (tertiary/aromatic N) is 5. The lowest BCUT2D eigenvalue weighted by Gasteiger charge is -2.03. The molecule has 2 heterocycles. The quantitative estimate of drug-likeness (QED) is 0.641. The van der Waals surface area contributed by atoms with Crippen molar-refractivity contribution in [3.8, 4) is 5.95 Å². The minimum absolute atomic E-state index is 0.0388. The van der Waals surface area contributed by atoms with Crippen LogP contribution in [0.4, 0.5) is 5.69 Å². The minimum Gasteiger partial charge on any atom is -0.258 e. The van der Waals surface area contributed by atoms with Gasteiger partial charge < -0.3 is 0 Å². The molecule has 2 aromatic rings. The van der Waals surface area contributed by atoms with Crippen molar-refractivity contribution in [2.75, 3.05) is 0 Å². The summed E-state index contributed by atoms with van der Waals surface area (Å²) in [4.78, 5) is 18.9. The third kappa shape index (κ3) is 2.14. The van der Waals surface area contributed by atoms with Gasteiger partial charge in [-0.1, -0.05) is 24.4 Å². The van der Waals surface area contributed by atoms with Crippen LogP contribution in [0.1, 0.15) is 37.3 Å². The first-order chi connectivity index (χ1) is 9.68. The summed E-state index contributed by atoms with van der Waals surface area (Å²) in [5.74, 6) is 0.336. The maximum Gasteiger partial charge on any atom is 0.329 e. The van der Waals surface area contributed by atoms with Crippen LogP contribution in [0.3, 0.4) is 0 Å². The van der Waals surface area contributed by atoms with E-state index in [1.165, 1.54) is 4.68 Å². The Balaban J connectivity index is 2.13. The van der Waals surface area contributed by atoms with Crippen LogP contribution < -0.4 is 0 Å². The summed E-state index contributed by atoms with van der Waals surface area (Å²) < 4.78 is 1.24. The molecule has 1 aliphatic carbocycles. The number of hydrogen-bond acceptors (Lipinski definition) is 5. The van der Waals surface area contributed by atoms with Gasteiger partial charge in [-0.05, 0) is 18.9 Å². The molecule has 0 bridgehead atoms. The average molecular weight is 294 g/mol. The Kier molecular flexibility index (Phi) is 3.35. The van der Waals surface area contributed by atoms with E-state index in [1.54, 1.807) is 18.5 Å². The summed E-state index contributed by atoms with van der Waals surface area (Å²) in [6.45, 7) is 0. The highest BCUT2D eigenvalue weighted by Crippen LogP contribution is 2.41. The SMILES string of the molecule is O=[N+]([O-])c1c(C2CCCC2)nn(-c2ncccn2)c1Cl. The zero-order valence-corrected chi connectivity index (χ0v) is 11.3. The van der Waals surface area contributed by atoms with Crippen molar-refractivity contribution in [3.05, 3.63) is 39.4 Å². The number of hydrogen-bond donors (Lipinski definition) is 0. The predicted molar refractivity (Wildman–Crippen MR) is 72.0 cm³/mol.